The lowest BCUT2D eigenvalue weighted by Crippen LogP contribution is -2.41. The molecule has 3 heteroatoms. The summed E-state index contributed by atoms with van der Waals surface area (Å²) in [4.78, 5) is 2.38. The zero-order chi connectivity index (χ0) is 8.81. The topological polar surface area (TPSA) is 24.5 Å². The van der Waals surface area contributed by atoms with Crippen LogP contribution in [0.3, 0.4) is 0 Å². The predicted molar refractivity (Wildman–Crippen MR) is 50.4 cm³/mol. The quantitative estimate of drug-likeness (QED) is 0.661. The van der Waals surface area contributed by atoms with Crippen LogP contribution in [-0.2, 0) is 4.74 Å². The van der Waals surface area contributed by atoms with E-state index in [0.29, 0.717) is 6.04 Å². The summed E-state index contributed by atoms with van der Waals surface area (Å²) in [5, 5.41) is 3.16. The molecule has 0 aromatic carbocycles. The van der Waals surface area contributed by atoms with E-state index >= 15 is 0 Å². The molecule has 1 heterocycles. The molecule has 0 amide bonds. The highest BCUT2D eigenvalue weighted by molar-refractivity contribution is 4.71. The van der Waals surface area contributed by atoms with Crippen molar-refractivity contribution in [2.45, 2.75) is 18.9 Å². The van der Waals surface area contributed by atoms with Gasteiger partial charge in [0.25, 0.3) is 0 Å². The van der Waals surface area contributed by atoms with Gasteiger partial charge in [0.1, 0.15) is 0 Å². The average Bonchev–Trinajstić information content (AvgIpc) is 2.15. The summed E-state index contributed by atoms with van der Waals surface area (Å²) >= 11 is 0. The number of nitrogens with zero attached hydrogens (tertiary/aromatic N) is 1. The summed E-state index contributed by atoms with van der Waals surface area (Å²) in [6, 6.07) is 0.645. The Hall–Kier alpha value is -0.120. The Balaban J connectivity index is 2.15. The van der Waals surface area contributed by atoms with Crippen LogP contribution in [0.5, 0.6) is 0 Å². The molecule has 0 spiro atoms. The summed E-state index contributed by atoms with van der Waals surface area (Å²) in [5.74, 6) is 0. The van der Waals surface area contributed by atoms with Crippen LogP contribution < -0.4 is 5.32 Å². The lowest BCUT2D eigenvalue weighted by Gasteiger charge is -2.30. The first-order valence-electron chi connectivity index (χ1n) is 4.77. The summed E-state index contributed by atoms with van der Waals surface area (Å²) in [6.45, 7) is 4.05. The van der Waals surface area contributed by atoms with E-state index in [1.807, 2.05) is 7.05 Å². The second-order valence-corrected chi connectivity index (χ2v) is 3.46. The summed E-state index contributed by atoms with van der Waals surface area (Å²) in [6.07, 6.45) is 2.51. The molecule has 0 radical (unpaired) electrons. The number of ether oxygens (including phenoxy) is 1. The highest BCUT2D eigenvalue weighted by atomic mass is 16.5. The fourth-order valence-corrected chi connectivity index (χ4v) is 1.54. The van der Waals surface area contributed by atoms with Crippen LogP contribution >= 0.6 is 0 Å². The van der Waals surface area contributed by atoms with Crippen LogP contribution in [0.1, 0.15) is 12.8 Å². The second-order valence-electron chi connectivity index (χ2n) is 3.46. The van der Waals surface area contributed by atoms with Gasteiger partial charge in [-0.1, -0.05) is 0 Å². The fraction of sp³-hybridized carbons (Fsp3) is 1.00. The monoisotopic (exact) mass is 172 g/mol. The molecule has 1 saturated heterocycles. The smallest absolute Gasteiger partial charge is 0.0621 e. The van der Waals surface area contributed by atoms with Crippen LogP contribution in [0.15, 0.2) is 0 Å². The Labute approximate surface area is 75.1 Å². The van der Waals surface area contributed by atoms with E-state index in [-0.39, 0.29) is 0 Å². The lowest BCUT2D eigenvalue weighted by molar-refractivity contribution is 0.0282. The first-order valence-corrected chi connectivity index (χ1v) is 4.77. The van der Waals surface area contributed by atoms with Gasteiger partial charge in [-0.25, -0.2) is 0 Å². The van der Waals surface area contributed by atoms with Gasteiger partial charge in [0.2, 0.25) is 0 Å². The van der Waals surface area contributed by atoms with E-state index in [0.717, 1.165) is 26.3 Å². The van der Waals surface area contributed by atoms with Crippen LogP contribution in [0.4, 0.5) is 0 Å². The zero-order valence-electron chi connectivity index (χ0n) is 8.18. The predicted octanol–water partition coefficient (Wildman–Crippen LogP) is 0.317. The number of rotatable bonds is 4. The summed E-state index contributed by atoms with van der Waals surface area (Å²) < 4.78 is 5.42. The molecule has 0 bridgehead atoms. The third-order valence-corrected chi connectivity index (χ3v) is 2.47. The third kappa shape index (κ3) is 3.09. The van der Waals surface area contributed by atoms with Gasteiger partial charge in [0.05, 0.1) is 6.61 Å². The fourth-order valence-electron chi connectivity index (χ4n) is 1.54. The average molecular weight is 172 g/mol. The third-order valence-electron chi connectivity index (χ3n) is 2.47. The molecule has 72 valence electrons. The standard InChI is InChI=1S/C9H20N2O/c1-10-5-6-11(2)9-4-3-7-12-8-9/h9-10H,3-8H2,1-2H3. The van der Waals surface area contributed by atoms with Crippen LogP contribution in [0.2, 0.25) is 0 Å². The first kappa shape index (κ1) is 9.96. The lowest BCUT2D eigenvalue weighted by atomic mass is 10.1. The van der Waals surface area contributed by atoms with Crippen molar-refractivity contribution in [3.05, 3.63) is 0 Å². The van der Waals surface area contributed by atoms with Gasteiger partial charge in [0.15, 0.2) is 0 Å². The highest BCUT2D eigenvalue weighted by Crippen LogP contribution is 2.10. The Bertz CT molecular complexity index is 113. The maximum absolute atomic E-state index is 5.42. The first-order chi connectivity index (χ1) is 5.84. The largest absolute Gasteiger partial charge is 0.380 e. The molecule has 0 saturated carbocycles. The molecular weight excluding hydrogens is 152 g/mol. The molecule has 1 atom stereocenters. The van der Waals surface area contributed by atoms with Crippen molar-refractivity contribution in [2.75, 3.05) is 40.4 Å². The van der Waals surface area contributed by atoms with Gasteiger partial charge < -0.3 is 10.1 Å². The van der Waals surface area contributed by atoms with E-state index in [1.54, 1.807) is 0 Å². The maximum Gasteiger partial charge on any atom is 0.0621 e. The minimum Gasteiger partial charge on any atom is -0.380 e. The van der Waals surface area contributed by atoms with E-state index in [4.69, 9.17) is 4.74 Å². The number of nitrogens with one attached hydrogen (secondary N) is 1. The minimum absolute atomic E-state index is 0.645. The van der Waals surface area contributed by atoms with Crippen molar-refractivity contribution in [1.82, 2.24) is 10.2 Å². The van der Waals surface area contributed by atoms with Gasteiger partial charge in [-0.2, -0.15) is 0 Å². The SMILES string of the molecule is CNCCN(C)C1CCCOC1. The number of hydrogen-bond donors (Lipinski definition) is 1. The zero-order valence-corrected chi connectivity index (χ0v) is 8.18. The van der Waals surface area contributed by atoms with E-state index in [1.165, 1.54) is 12.8 Å². The molecular formula is C9H20N2O. The van der Waals surface area contributed by atoms with E-state index in [2.05, 4.69) is 17.3 Å². The second kappa shape index (κ2) is 5.51. The Morgan fingerprint density at radius 3 is 3.00 bits per heavy atom. The molecule has 1 rings (SSSR count). The van der Waals surface area contributed by atoms with Crippen molar-refractivity contribution in [1.29, 1.82) is 0 Å². The van der Waals surface area contributed by atoms with Gasteiger partial charge in [-0.3, -0.25) is 4.90 Å². The van der Waals surface area contributed by atoms with Gasteiger partial charge in [-0.05, 0) is 26.9 Å². The van der Waals surface area contributed by atoms with Crippen molar-refractivity contribution in [3.63, 3.8) is 0 Å². The molecule has 12 heavy (non-hydrogen) atoms. The minimum atomic E-state index is 0.645. The van der Waals surface area contributed by atoms with Gasteiger partial charge in [-0.15, -0.1) is 0 Å². The Morgan fingerprint density at radius 2 is 2.42 bits per heavy atom. The molecule has 0 aliphatic carbocycles. The number of hydrogen-bond acceptors (Lipinski definition) is 3. The van der Waals surface area contributed by atoms with Gasteiger partial charge >= 0.3 is 0 Å². The van der Waals surface area contributed by atoms with Crippen molar-refractivity contribution >= 4 is 0 Å². The van der Waals surface area contributed by atoms with E-state index < -0.39 is 0 Å². The molecule has 1 unspecified atom stereocenters. The van der Waals surface area contributed by atoms with Crippen LogP contribution in [0.25, 0.3) is 0 Å². The van der Waals surface area contributed by atoms with E-state index in [9.17, 15) is 0 Å². The van der Waals surface area contributed by atoms with Crippen LogP contribution in [0, 0.1) is 0 Å². The van der Waals surface area contributed by atoms with Crippen molar-refractivity contribution in [2.24, 2.45) is 0 Å². The Kier molecular flexibility index (Phi) is 4.58. The summed E-state index contributed by atoms with van der Waals surface area (Å²) in [7, 11) is 4.17. The molecule has 0 aromatic rings. The molecule has 0 aromatic heterocycles. The maximum atomic E-state index is 5.42. The van der Waals surface area contributed by atoms with Crippen molar-refractivity contribution in [3.8, 4) is 0 Å². The van der Waals surface area contributed by atoms with Gasteiger partial charge in [0, 0.05) is 25.7 Å². The molecule has 1 aliphatic rings. The van der Waals surface area contributed by atoms with Crippen molar-refractivity contribution < 1.29 is 4.74 Å². The summed E-state index contributed by atoms with van der Waals surface area (Å²) in [5.41, 5.74) is 0. The normalized spacial score (nSPS) is 24.8. The molecule has 1 fully saturated rings. The molecule has 1 N–H and O–H groups in total. The Morgan fingerprint density at radius 1 is 1.58 bits per heavy atom. The number of likely N-dealkylation sites (N-methyl/N-ethyl adjacent to an activating group) is 2. The highest BCUT2D eigenvalue weighted by Gasteiger charge is 2.17. The molecule has 1 aliphatic heterocycles. The van der Waals surface area contributed by atoms with Crippen LogP contribution in [-0.4, -0.2) is 51.3 Å². The molecule has 3 nitrogen and oxygen atoms in total.